The normalized spacial score (nSPS) is 15.3. The molecule has 1 aromatic heterocycles. The van der Waals surface area contributed by atoms with Gasteiger partial charge in [-0.15, -0.1) is 0 Å². The van der Waals surface area contributed by atoms with Gasteiger partial charge in [0.15, 0.2) is 9.84 Å². The highest BCUT2D eigenvalue weighted by Crippen LogP contribution is 2.39. The molecule has 1 fully saturated rings. The summed E-state index contributed by atoms with van der Waals surface area (Å²) in [6, 6.07) is 9.42. The van der Waals surface area contributed by atoms with Gasteiger partial charge in [-0.1, -0.05) is 23.7 Å². The van der Waals surface area contributed by atoms with E-state index in [0.717, 1.165) is 17.2 Å². The van der Waals surface area contributed by atoms with Gasteiger partial charge in [-0.05, 0) is 75.7 Å². The lowest BCUT2D eigenvalue weighted by Crippen LogP contribution is -2.45. The third-order valence-corrected chi connectivity index (χ3v) is 10.2. The van der Waals surface area contributed by atoms with Gasteiger partial charge >= 0.3 is 6.18 Å². The van der Waals surface area contributed by atoms with Crippen molar-refractivity contribution in [2.75, 3.05) is 43.4 Å². The van der Waals surface area contributed by atoms with Gasteiger partial charge in [-0.2, -0.15) is 13.2 Å². The molecule has 4 rings (SSSR count). The lowest BCUT2D eigenvalue weighted by Gasteiger charge is -2.35. The highest BCUT2D eigenvalue weighted by Gasteiger charge is 2.36. The molecule has 41 heavy (non-hydrogen) atoms. The molecule has 12 heteroatoms. The van der Waals surface area contributed by atoms with Crippen molar-refractivity contribution in [1.82, 2.24) is 14.9 Å². The maximum Gasteiger partial charge on any atom is 0.418 e. The number of alkyl halides is 3. The zero-order valence-electron chi connectivity index (χ0n) is 23.8. The van der Waals surface area contributed by atoms with Crippen LogP contribution in [-0.2, 0) is 28.2 Å². The second-order valence-electron chi connectivity index (χ2n) is 11.4. The molecular weight excluding hydrogens is 575 g/mol. The molecule has 0 atom stereocenters. The van der Waals surface area contributed by atoms with Crippen LogP contribution in [0, 0.1) is 6.92 Å². The molecule has 3 aromatic rings. The van der Waals surface area contributed by atoms with Gasteiger partial charge in [0.2, 0.25) is 5.95 Å². The van der Waals surface area contributed by atoms with Crippen LogP contribution in [0.3, 0.4) is 0 Å². The fourth-order valence-corrected chi connectivity index (χ4v) is 5.82. The van der Waals surface area contributed by atoms with Gasteiger partial charge < -0.3 is 15.1 Å². The summed E-state index contributed by atoms with van der Waals surface area (Å²) in [4.78, 5) is 12.7. The number of nitrogens with one attached hydrogen (secondary N) is 1. The molecule has 1 aliphatic heterocycles. The number of sulfone groups is 1. The largest absolute Gasteiger partial charge is 0.418 e. The summed E-state index contributed by atoms with van der Waals surface area (Å²) in [7, 11) is -1.49. The first-order valence-corrected chi connectivity index (χ1v) is 15.3. The van der Waals surface area contributed by atoms with Crippen molar-refractivity contribution >= 4 is 38.8 Å². The number of likely N-dealkylation sites (N-methyl/N-ethyl adjacent to an activating group) is 1. The van der Waals surface area contributed by atoms with Crippen molar-refractivity contribution in [3.63, 3.8) is 0 Å². The van der Waals surface area contributed by atoms with Crippen LogP contribution in [0.5, 0.6) is 0 Å². The van der Waals surface area contributed by atoms with Crippen LogP contribution in [0.2, 0.25) is 5.02 Å². The zero-order chi connectivity index (χ0) is 30.2. The fraction of sp³-hybridized carbons (Fsp3) is 0.448. The first kappa shape index (κ1) is 31.1. The first-order chi connectivity index (χ1) is 19.0. The van der Waals surface area contributed by atoms with E-state index >= 15 is 0 Å². The number of anilines is 3. The molecule has 0 aliphatic carbocycles. The van der Waals surface area contributed by atoms with Crippen LogP contribution in [0.4, 0.5) is 30.5 Å². The maximum atomic E-state index is 14.0. The van der Waals surface area contributed by atoms with Crippen molar-refractivity contribution in [2.24, 2.45) is 0 Å². The highest BCUT2D eigenvalue weighted by molar-refractivity contribution is 7.91. The lowest BCUT2D eigenvalue weighted by atomic mass is 10.0. The fourth-order valence-electron chi connectivity index (χ4n) is 4.47. The predicted octanol–water partition coefficient (Wildman–Crippen LogP) is 6.26. The third-order valence-electron chi connectivity index (χ3n) is 7.24. The van der Waals surface area contributed by atoms with Crippen LogP contribution in [0.15, 0.2) is 42.6 Å². The Bertz CT molecular complexity index is 1520. The van der Waals surface area contributed by atoms with Crippen LogP contribution >= 0.6 is 11.6 Å². The van der Waals surface area contributed by atoms with Gasteiger partial charge in [0.1, 0.15) is 0 Å². The van der Waals surface area contributed by atoms with E-state index in [1.165, 1.54) is 6.07 Å². The van der Waals surface area contributed by atoms with Gasteiger partial charge in [0.25, 0.3) is 0 Å². The number of rotatable bonds is 7. The van der Waals surface area contributed by atoms with Gasteiger partial charge in [0.05, 0.1) is 21.8 Å². The molecular formula is C29H35ClF3N5O2S. The predicted molar refractivity (Wildman–Crippen MR) is 158 cm³/mol. The Balaban J connectivity index is 1.57. The highest BCUT2D eigenvalue weighted by atomic mass is 35.5. The molecule has 0 amide bonds. The minimum absolute atomic E-state index is 0.161. The number of aromatic nitrogens is 2. The number of piperazine rings is 1. The van der Waals surface area contributed by atoms with Crippen LogP contribution < -0.4 is 10.2 Å². The second kappa shape index (κ2) is 11.8. The minimum atomic E-state index is -4.53. The maximum absolute atomic E-state index is 14.0. The number of halogens is 4. The summed E-state index contributed by atoms with van der Waals surface area (Å²) in [5.41, 5.74) is 2.43. The van der Waals surface area contributed by atoms with Crippen molar-refractivity contribution in [2.45, 2.75) is 50.8 Å². The molecule has 2 aromatic carbocycles. The summed E-state index contributed by atoms with van der Waals surface area (Å²) in [5, 5.41) is 3.29. The van der Waals surface area contributed by atoms with E-state index in [1.54, 1.807) is 56.1 Å². The second-order valence-corrected chi connectivity index (χ2v) is 14.6. The number of hydrogen-bond donors (Lipinski definition) is 1. The molecule has 1 aliphatic rings. The van der Waals surface area contributed by atoms with Crippen molar-refractivity contribution in [1.29, 1.82) is 0 Å². The van der Waals surface area contributed by atoms with Crippen molar-refractivity contribution in [3.05, 3.63) is 75.6 Å². The van der Waals surface area contributed by atoms with E-state index in [9.17, 15) is 21.6 Å². The molecule has 1 saturated heterocycles. The van der Waals surface area contributed by atoms with Crippen LogP contribution in [-0.4, -0.2) is 61.3 Å². The van der Waals surface area contributed by atoms with Crippen molar-refractivity contribution < 1.29 is 21.6 Å². The Labute approximate surface area is 244 Å². The Hall–Kier alpha value is -2.89. The monoisotopic (exact) mass is 609 g/mol. The van der Waals surface area contributed by atoms with E-state index in [-0.39, 0.29) is 23.1 Å². The SMILES string of the molecule is Cc1cnc(Nc2ccc(N3CCN(C)CC3)c(C(F)(F)F)c2)nc1Cc1ccc(Cl)c(CS(=O)(=O)C(C)(C)C)c1. The Morgan fingerprint density at radius 3 is 2.34 bits per heavy atom. The molecule has 0 saturated carbocycles. The number of benzene rings is 2. The first-order valence-electron chi connectivity index (χ1n) is 13.3. The van der Waals surface area contributed by atoms with Crippen molar-refractivity contribution in [3.8, 4) is 0 Å². The summed E-state index contributed by atoms with van der Waals surface area (Å²) >= 11 is 6.33. The number of aryl methyl sites for hydroxylation is 1. The smallest absolute Gasteiger partial charge is 0.368 e. The molecule has 0 bridgehead atoms. The lowest BCUT2D eigenvalue weighted by molar-refractivity contribution is -0.137. The summed E-state index contributed by atoms with van der Waals surface area (Å²) in [5.74, 6) is -0.0275. The average Bonchev–Trinajstić information content (AvgIpc) is 2.87. The van der Waals surface area contributed by atoms with E-state index in [0.29, 0.717) is 48.9 Å². The quantitative estimate of drug-likeness (QED) is 0.339. The molecule has 1 N–H and O–H groups in total. The number of nitrogens with zero attached hydrogens (tertiary/aromatic N) is 4. The van der Waals surface area contributed by atoms with E-state index < -0.39 is 26.3 Å². The molecule has 0 radical (unpaired) electrons. The molecule has 222 valence electrons. The van der Waals surface area contributed by atoms with E-state index in [2.05, 4.69) is 20.2 Å². The summed E-state index contributed by atoms with van der Waals surface area (Å²) in [6.45, 7) is 9.21. The van der Waals surface area contributed by atoms with Gasteiger partial charge in [-0.3, -0.25) is 0 Å². The molecule has 0 unspecified atom stereocenters. The van der Waals surface area contributed by atoms with Gasteiger partial charge in [-0.25, -0.2) is 18.4 Å². The van der Waals surface area contributed by atoms with Crippen LogP contribution in [0.25, 0.3) is 0 Å². The summed E-state index contributed by atoms with van der Waals surface area (Å²) in [6.07, 6.45) is -2.56. The third kappa shape index (κ3) is 7.50. The minimum Gasteiger partial charge on any atom is -0.368 e. The molecule has 7 nitrogen and oxygen atoms in total. The summed E-state index contributed by atoms with van der Waals surface area (Å²) < 4.78 is 66.7. The Morgan fingerprint density at radius 1 is 1.02 bits per heavy atom. The zero-order valence-corrected chi connectivity index (χ0v) is 25.4. The van der Waals surface area contributed by atoms with Crippen LogP contribution in [0.1, 0.15) is 48.7 Å². The number of hydrogen-bond acceptors (Lipinski definition) is 7. The molecule has 2 heterocycles. The van der Waals surface area contributed by atoms with E-state index in [1.807, 2.05) is 14.0 Å². The standard InChI is InChI=1S/C29H35ClF3N5O2S/c1-19-17-34-27(35-22-7-9-26(23(16-22)29(31,32)33)38-12-10-37(5)11-13-38)36-25(19)15-20-6-8-24(30)21(14-20)18-41(39,40)28(2,3)4/h6-9,14,16-17H,10-13,15,18H2,1-5H3,(H,34,35,36). The Kier molecular flexibility index (Phi) is 8.92. The topological polar surface area (TPSA) is 78.4 Å². The van der Waals surface area contributed by atoms with Gasteiger partial charge in [0, 0.05) is 55.2 Å². The molecule has 0 spiro atoms. The van der Waals surface area contributed by atoms with E-state index in [4.69, 9.17) is 11.6 Å². The Morgan fingerprint density at radius 2 is 1.71 bits per heavy atom. The average molecular weight is 610 g/mol.